The van der Waals surface area contributed by atoms with Crippen molar-refractivity contribution >= 4 is 23.4 Å². The van der Waals surface area contributed by atoms with Crippen LogP contribution in [0.3, 0.4) is 0 Å². The number of halogens is 1. The minimum absolute atomic E-state index is 0.173. The highest BCUT2D eigenvalue weighted by atomic mass is 35.5. The van der Waals surface area contributed by atoms with Crippen molar-refractivity contribution in [3.05, 3.63) is 17.4 Å². The van der Waals surface area contributed by atoms with Crippen LogP contribution in [-0.2, 0) is 16.1 Å². The van der Waals surface area contributed by atoms with Gasteiger partial charge in [-0.2, -0.15) is 5.10 Å². The zero-order valence-corrected chi connectivity index (χ0v) is 14.0. The maximum atomic E-state index is 12.3. The van der Waals surface area contributed by atoms with Crippen molar-refractivity contribution < 1.29 is 9.59 Å². The highest BCUT2D eigenvalue weighted by molar-refractivity contribution is 6.30. The first-order chi connectivity index (χ1) is 11.1. The van der Waals surface area contributed by atoms with Crippen molar-refractivity contribution in [1.29, 1.82) is 0 Å². The maximum absolute atomic E-state index is 12.3. The summed E-state index contributed by atoms with van der Waals surface area (Å²) in [6, 6.07) is 0. The van der Waals surface area contributed by atoms with E-state index in [2.05, 4.69) is 5.10 Å². The van der Waals surface area contributed by atoms with E-state index in [9.17, 15) is 9.59 Å². The minimum Gasteiger partial charge on any atom is -0.343 e. The molecule has 0 N–H and O–H groups in total. The van der Waals surface area contributed by atoms with Gasteiger partial charge in [0.15, 0.2) is 0 Å². The first-order valence-electron chi connectivity index (χ1n) is 8.35. The Balaban J connectivity index is 1.39. The molecular formula is C16H23ClN4O2. The lowest BCUT2D eigenvalue weighted by atomic mass is 9.96. The number of hydrogen-bond donors (Lipinski definition) is 0. The molecule has 6 nitrogen and oxygen atoms in total. The van der Waals surface area contributed by atoms with E-state index in [1.165, 1.54) is 0 Å². The fourth-order valence-electron chi connectivity index (χ4n) is 3.40. The van der Waals surface area contributed by atoms with Gasteiger partial charge in [0, 0.05) is 51.8 Å². The van der Waals surface area contributed by atoms with Gasteiger partial charge in [0.25, 0.3) is 0 Å². The zero-order valence-electron chi connectivity index (χ0n) is 13.3. The van der Waals surface area contributed by atoms with E-state index >= 15 is 0 Å². The third-order valence-electron chi connectivity index (χ3n) is 4.77. The van der Waals surface area contributed by atoms with Crippen LogP contribution in [0.4, 0.5) is 0 Å². The van der Waals surface area contributed by atoms with Gasteiger partial charge in [-0.3, -0.25) is 14.3 Å². The second-order valence-corrected chi connectivity index (χ2v) is 6.88. The molecule has 1 aromatic rings. The van der Waals surface area contributed by atoms with Crippen molar-refractivity contribution in [1.82, 2.24) is 19.6 Å². The van der Waals surface area contributed by atoms with E-state index in [0.717, 1.165) is 45.4 Å². The monoisotopic (exact) mass is 338 g/mol. The van der Waals surface area contributed by atoms with Crippen LogP contribution in [-0.4, -0.2) is 57.6 Å². The molecule has 2 saturated heterocycles. The molecule has 0 saturated carbocycles. The summed E-state index contributed by atoms with van der Waals surface area (Å²) in [5, 5.41) is 4.68. The molecule has 0 atom stereocenters. The fraction of sp³-hybridized carbons (Fsp3) is 0.688. The van der Waals surface area contributed by atoms with E-state index in [1.807, 2.05) is 9.80 Å². The molecule has 0 unspecified atom stereocenters. The van der Waals surface area contributed by atoms with Gasteiger partial charge in [0.2, 0.25) is 11.8 Å². The average molecular weight is 339 g/mol. The van der Waals surface area contributed by atoms with Crippen LogP contribution in [0, 0.1) is 5.92 Å². The van der Waals surface area contributed by atoms with Gasteiger partial charge in [-0.05, 0) is 25.2 Å². The molecule has 0 aromatic carbocycles. The lowest BCUT2D eigenvalue weighted by Gasteiger charge is -2.34. The molecule has 2 amide bonds. The van der Waals surface area contributed by atoms with Gasteiger partial charge < -0.3 is 9.80 Å². The maximum Gasteiger partial charge on any atom is 0.224 e. The Kier molecular flexibility index (Phi) is 5.20. The Morgan fingerprint density at radius 1 is 1.30 bits per heavy atom. The van der Waals surface area contributed by atoms with Crippen LogP contribution >= 0.6 is 11.6 Å². The largest absolute Gasteiger partial charge is 0.343 e. The number of carbonyl (C=O) groups excluding carboxylic acids is 2. The Bertz CT molecular complexity index is 566. The molecule has 126 valence electrons. The van der Waals surface area contributed by atoms with Crippen LogP contribution in [0.1, 0.15) is 32.1 Å². The quantitative estimate of drug-likeness (QED) is 0.822. The predicted molar refractivity (Wildman–Crippen MR) is 87.0 cm³/mol. The number of amides is 2. The Hall–Kier alpha value is -1.56. The molecule has 2 fully saturated rings. The van der Waals surface area contributed by atoms with E-state index in [4.69, 9.17) is 11.6 Å². The number of likely N-dealkylation sites (tertiary alicyclic amines) is 2. The van der Waals surface area contributed by atoms with Gasteiger partial charge in [0.1, 0.15) is 0 Å². The highest BCUT2D eigenvalue weighted by Crippen LogP contribution is 2.21. The third-order valence-corrected chi connectivity index (χ3v) is 4.97. The molecule has 3 rings (SSSR count). The summed E-state index contributed by atoms with van der Waals surface area (Å²) >= 11 is 5.81. The highest BCUT2D eigenvalue weighted by Gasteiger charge is 2.27. The standard InChI is InChI=1S/C16H23ClN4O2/c17-14-10-18-21(12-14)9-5-16(23)19-7-3-13(4-8-19)11-20-6-1-2-15(20)22/h10,12-13H,1-9,11H2. The second kappa shape index (κ2) is 7.34. The zero-order chi connectivity index (χ0) is 16.2. The molecule has 2 aliphatic heterocycles. The van der Waals surface area contributed by atoms with Gasteiger partial charge >= 0.3 is 0 Å². The average Bonchev–Trinajstić information content (AvgIpc) is 3.14. The second-order valence-electron chi connectivity index (χ2n) is 6.44. The summed E-state index contributed by atoms with van der Waals surface area (Å²) in [5.74, 6) is 1.000. The SMILES string of the molecule is O=C(CCn1cc(Cl)cn1)N1CCC(CN2CCCC2=O)CC1. The van der Waals surface area contributed by atoms with Crippen molar-refractivity contribution in [3.63, 3.8) is 0 Å². The van der Waals surface area contributed by atoms with Crippen molar-refractivity contribution in [2.45, 2.75) is 38.6 Å². The summed E-state index contributed by atoms with van der Waals surface area (Å²) < 4.78 is 1.70. The summed E-state index contributed by atoms with van der Waals surface area (Å²) in [7, 11) is 0. The van der Waals surface area contributed by atoms with Crippen LogP contribution < -0.4 is 0 Å². The number of nitrogens with zero attached hydrogens (tertiary/aromatic N) is 4. The lowest BCUT2D eigenvalue weighted by Crippen LogP contribution is -2.42. The molecule has 0 spiro atoms. The Labute approximate surface area is 141 Å². The molecule has 2 aliphatic rings. The molecule has 0 aliphatic carbocycles. The predicted octanol–water partition coefficient (Wildman–Crippen LogP) is 1.79. The molecule has 0 radical (unpaired) electrons. The van der Waals surface area contributed by atoms with Crippen molar-refractivity contribution in [3.8, 4) is 0 Å². The van der Waals surface area contributed by atoms with Gasteiger partial charge in [0.05, 0.1) is 11.2 Å². The Morgan fingerprint density at radius 2 is 2.09 bits per heavy atom. The number of piperidine rings is 1. The van der Waals surface area contributed by atoms with E-state index < -0.39 is 0 Å². The van der Waals surface area contributed by atoms with Crippen LogP contribution in [0.5, 0.6) is 0 Å². The number of aryl methyl sites for hydroxylation is 1. The molecular weight excluding hydrogens is 316 g/mol. The van der Waals surface area contributed by atoms with Gasteiger partial charge in [-0.25, -0.2) is 0 Å². The van der Waals surface area contributed by atoms with Crippen molar-refractivity contribution in [2.24, 2.45) is 5.92 Å². The first kappa shape index (κ1) is 16.3. The molecule has 0 bridgehead atoms. The molecule has 3 heterocycles. The van der Waals surface area contributed by atoms with Crippen molar-refractivity contribution in [2.75, 3.05) is 26.2 Å². The van der Waals surface area contributed by atoms with Crippen LogP contribution in [0.15, 0.2) is 12.4 Å². The van der Waals surface area contributed by atoms with E-state index in [0.29, 0.717) is 36.2 Å². The van der Waals surface area contributed by atoms with Gasteiger partial charge in [-0.1, -0.05) is 11.6 Å². The number of aromatic nitrogens is 2. The number of carbonyl (C=O) groups is 2. The van der Waals surface area contributed by atoms with Crippen LogP contribution in [0.2, 0.25) is 5.02 Å². The molecule has 7 heteroatoms. The molecule has 1 aromatic heterocycles. The molecule has 23 heavy (non-hydrogen) atoms. The normalized spacial score (nSPS) is 19.6. The smallest absolute Gasteiger partial charge is 0.224 e. The number of hydrogen-bond acceptors (Lipinski definition) is 3. The van der Waals surface area contributed by atoms with E-state index in [-0.39, 0.29) is 5.91 Å². The minimum atomic E-state index is 0.173. The third kappa shape index (κ3) is 4.25. The summed E-state index contributed by atoms with van der Waals surface area (Å²) in [5.41, 5.74) is 0. The first-order valence-corrected chi connectivity index (χ1v) is 8.73. The van der Waals surface area contributed by atoms with Crippen LogP contribution in [0.25, 0.3) is 0 Å². The summed E-state index contributed by atoms with van der Waals surface area (Å²) in [4.78, 5) is 27.9. The summed E-state index contributed by atoms with van der Waals surface area (Å²) in [6.45, 7) is 3.93. The van der Waals surface area contributed by atoms with Gasteiger partial charge in [-0.15, -0.1) is 0 Å². The summed E-state index contributed by atoms with van der Waals surface area (Å²) in [6.07, 6.45) is 7.44. The van der Waals surface area contributed by atoms with E-state index in [1.54, 1.807) is 17.1 Å². The lowest BCUT2D eigenvalue weighted by molar-refractivity contribution is -0.134. The Morgan fingerprint density at radius 3 is 2.70 bits per heavy atom. The fourth-order valence-corrected chi connectivity index (χ4v) is 3.56. The number of rotatable bonds is 5. The topological polar surface area (TPSA) is 58.4 Å².